The minimum atomic E-state index is 0.337. The van der Waals surface area contributed by atoms with Crippen LogP contribution in [0.25, 0.3) is 10.8 Å². The van der Waals surface area contributed by atoms with E-state index in [4.69, 9.17) is 10.5 Å². The predicted octanol–water partition coefficient (Wildman–Crippen LogP) is 2.64. The molecule has 1 saturated heterocycles. The first-order chi connectivity index (χ1) is 9.86. The molecule has 0 amide bonds. The van der Waals surface area contributed by atoms with Crippen LogP contribution < -0.4 is 10.5 Å². The first-order valence-corrected chi connectivity index (χ1v) is 7.42. The van der Waals surface area contributed by atoms with E-state index in [0.717, 1.165) is 18.8 Å². The van der Waals surface area contributed by atoms with E-state index in [1.54, 1.807) is 0 Å². The number of ether oxygens (including phenoxy) is 1. The number of rotatable bonds is 5. The van der Waals surface area contributed by atoms with Crippen LogP contribution in [0.5, 0.6) is 5.75 Å². The van der Waals surface area contributed by atoms with Crippen molar-refractivity contribution in [1.29, 1.82) is 0 Å². The minimum Gasteiger partial charge on any atom is -0.492 e. The topological polar surface area (TPSA) is 38.5 Å². The Kier molecular flexibility index (Phi) is 4.19. The molecule has 0 saturated carbocycles. The standard InChI is InChI=1S/C17H22N2O/c18-12-16(19-9-3-4-10-19)13-20-17-8-7-14-5-1-2-6-15(14)11-17/h1-2,5-8,11,16H,3-4,9-10,12-13,18H2. The molecule has 1 atom stereocenters. The van der Waals surface area contributed by atoms with Crippen molar-refractivity contribution in [2.45, 2.75) is 18.9 Å². The van der Waals surface area contributed by atoms with Gasteiger partial charge in [-0.1, -0.05) is 30.3 Å². The summed E-state index contributed by atoms with van der Waals surface area (Å²) in [5.74, 6) is 0.932. The molecular weight excluding hydrogens is 248 g/mol. The van der Waals surface area contributed by atoms with Crippen molar-refractivity contribution in [3.05, 3.63) is 42.5 Å². The molecule has 0 spiro atoms. The lowest BCUT2D eigenvalue weighted by atomic mass is 10.1. The van der Waals surface area contributed by atoms with E-state index in [1.807, 2.05) is 6.07 Å². The van der Waals surface area contributed by atoms with Gasteiger partial charge in [0.05, 0.1) is 6.04 Å². The van der Waals surface area contributed by atoms with Crippen LogP contribution in [-0.2, 0) is 0 Å². The number of hydrogen-bond acceptors (Lipinski definition) is 3. The second-order valence-electron chi connectivity index (χ2n) is 5.45. The number of nitrogens with zero attached hydrogens (tertiary/aromatic N) is 1. The summed E-state index contributed by atoms with van der Waals surface area (Å²) < 4.78 is 5.96. The second kappa shape index (κ2) is 6.25. The van der Waals surface area contributed by atoms with Gasteiger partial charge in [-0.05, 0) is 48.8 Å². The molecule has 1 aliphatic rings. The maximum atomic E-state index is 5.96. The molecule has 1 heterocycles. The summed E-state index contributed by atoms with van der Waals surface area (Å²) in [7, 11) is 0. The highest BCUT2D eigenvalue weighted by atomic mass is 16.5. The average Bonchev–Trinajstić information content (AvgIpc) is 3.02. The number of fused-ring (bicyclic) bond motifs is 1. The van der Waals surface area contributed by atoms with Gasteiger partial charge in [-0.2, -0.15) is 0 Å². The van der Waals surface area contributed by atoms with Crippen LogP contribution in [-0.4, -0.2) is 37.2 Å². The van der Waals surface area contributed by atoms with E-state index in [2.05, 4.69) is 41.3 Å². The van der Waals surface area contributed by atoms with Crippen molar-refractivity contribution < 1.29 is 4.74 Å². The zero-order valence-corrected chi connectivity index (χ0v) is 11.8. The van der Waals surface area contributed by atoms with Gasteiger partial charge in [0.1, 0.15) is 12.4 Å². The SMILES string of the molecule is NCC(COc1ccc2ccccc2c1)N1CCCC1. The van der Waals surface area contributed by atoms with Crippen molar-refractivity contribution in [3.63, 3.8) is 0 Å². The average molecular weight is 270 g/mol. The fourth-order valence-corrected chi connectivity index (χ4v) is 2.88. The minimum absolute atomic E-state index is 0.337. The summed E-state index contributed by atoms with van der Waals surface area (Å²) >= 11 is 0. The van der Waals surface area contributed by atoms with Crippen LogP contribution in [0.1, 0.15) is 12.8 Å². The van der Waals surface area contributed by atoms with Crippen LogP contribution in [0.3, 0.4) is 0 Å². The molecule has 0 radical (unpaired) electrons. The van der Waals surface area contributed by atoms with E-state index in [9.17, 15) is 0 Å². The largest absolute Gasteiger partial charge is 0.492 e. The van der Waals surface area contributed by atoms with Crippen LogP contribution >= 0.6 is 0 Å². The van der Waals surface area contributed by atoms with Gasteiger partial charge in [-0.3, -0.25) is 4.90 Å². The Labute approximate surface area is 120 Å². The van der Waals surface area contributed by atoms with Crippen LogP contribution in [0.4, 0.5) is 0 Å². The fraction of sp³-hybridized carbons (Fsp3) is 0.412. The van der Waals surface area contributed by atoms with Crippen LogP contribution in [0.2, 0.25) is 0 Å². The molecule has 2 aromatic carbocycles. The summed E-state index contributed by atoms with van der Waals surface area (Å²) in [5, 5.41) is 2.46. The second-order valence-corrected chi connectivity index (χ2v) is 5.45. The summed E-state index contributed by atoms with van der Waals surface area (Å²) in [4.78, 5) is 2.45. The molecule has 3 heteroatoms. The number of hydrogen-bond donors (Lipinski definition) is 1. The molecule has 3 nitrogen and oxygen atoms in total. The number of likely N-dealkylation sites (tertiary alicyclic amines) is 1. The Hall–Kier alpha value is -1.58. The third kappa shape index (κ3) is 2.94. The molecule has 1 aliphatic heterocycles. The normalized spacial score (nSPS) is 17.4. The maximum Gasteiger partial charge on any atom is 0.120 e. The quantitative estimate of drug-likeness (QED) is 0.907. The maximum absolute atomic E-state index is 5.96. The zero-order chi connectivity index (χ0) is 13.8. The van der Waals surface area contributed by atoms with E-state index < -0.39 is 0 Å². The summed E-state index contributed by atoms with van der Waals surface area (Å²) in [5.41, 5.74) is 5.89. The summed E-state index contributed by atoms with van der Waals surface area (Å²) in [6, 6.07) is 14.9. The highest BCUT2D eigenvalue weighted by molar-refractivity contribution is 5.83. The third-order valence-electron chi connectivity index (χ3n) is 4.09. The molecule has 0 aromatic heterocycles. The molecular formula is C17H22N2O. The molecule has 2 N–H and O–H groups in total. The van der Waals surface area contributed by atoms with Gasteiger partial charge in [0.15, 0.2) is 0 Å². The van der Waals surface area contributed by atoms with Gasteiger partial charge >= 0.3 is 0 Å². The molecule has 0 bridgehead atoms. The highest BCUT2D eigenvalue weighted by Crippen LogP contribution is 2.21. The van der Waals surface area contributed by atoms with Crippen molar-refractivity contribution in [2.24, 2.45) is 5.73 Å². The molecule has 1 unspecified atom stereocenters. The molecule has 1 fully saturated rings. The predicted molar refractivity (Wildman–Crippen MR) is 83.1 cm³/mol. The van der Waals surface area contributed by atoms with Crippen molar-refractivity contribution in [1.82, 2.24) is 4.90 Å². The van der Waals surface area contributed by atoms with Gasteiger partial charge < -0.3 is 10.5 Å². The molecule has 3 rings (SSSR count). The monoisotopic (exact) mass is 270 g/mol. The summed E-state index contributed by atoms with van der Waals surface area (Å²) in [6.07, 6.45) is 2.57. The fourth-order valence-electron chi connectivity index (χ4n) is 2.88. The van der Waals surface area contributed by atoms with Crippen molar-refractivity contribution in [2.75, 3.05) is 26.2 Å². The smallest absolute Gasteiger partial charge is 0.120 e. The van der Waals surface area contributed by atoms with Gasteiger partial charge in [-0.25, -0.2) is 0 Å². The van der Waals surface area contributed by atoms with Crippen LogP contribution in [0.15, 0.2) is 42.5 Å². The van der Waals surface area contributed by atoms with Crippen molar-refractivity contribution in [3.8, 4) is 5.75 Å². The van der Waals surface area contributed by atoms with E-state index in [0.29, 0.717) is 19.2 Å². The van der Waals surface area contributed by atoms with E-state index in [1.165, 1.54) is 23.6 Å². The Morgan fingerprint density at radius 1 is 1.05 bits per heavy atom. The lowest BCUT2D eigenvalue weighted by Gasteiger charge is -2.26. The molecule has 2 aromatic rings. The Balaban J connectivity index is 1.66. The van der Waals surface area contributed by atoms with Gasteiger partial charge in [0.25, 0.3) is 0 Å². The van der Waals surface area contributed by atoms with Crippen molar-refractivity contribution >= 4 is 10.8 Å². The molecule has 106 valence electrons. The van der Waals surface area contributed by atoms with E-state index in [-0.39, 0.29) is 0 Å². The van der Waals surface area contributed by atoms with Gasteiger partial charge in [0.2, 0.25) is 0 Å². The third-order valence-corrected chi connectivity index (χ3v) is 4.09. The number of benzene rings is 2. The van der Waals surface area contributed by atoms with Gasteiger partial charge in [0, 0.05) is 6.54 Å². The zero-order valence-electron chi connectivity index (χ0n) is 11.8. The Morgan fingerprint density at radius 3 is 2.55 bits per heavy atom. The highest BCUT2D eigenvalue weighted by Gasteiger charge is 2.21. The van der Waals surface area contributed by atoms with Crippen LogP contribution in [0, 0.1) is 0 Å². The lowest BCUT2D eigenvalue weighted by Crippen LogP contribution is -2.42. The summed E-state index contributed by atoms with van der Waals surface area (Å²) in [6.45, 7) is 3.65. The lowest BCUT2D eigenvalue weighted by molar-refractivity contribution is 0.165. The number of nitrogens with two attached hydrogens (primary N) is 1. The Bertz CT molecular complexity index is 564. The van der Waals surface area contributed by atoms with Gasteiger partial charge in [-0.15, -0.1) is 0 Å². The first-order valence-electron chi connectivity index (χ1n) is 7.42. The molecule has 20 heavy (non-hydrogen) atoms. The van der Waals surface area contributed by atoms with E-state index >= 15 is 0 Å². The first kappa shape index (κ1) is 13.4. The Morgan fingerprint density at radius 2 is 1.80 bits per heavy atom. The molecule has 0 aliphatic carbocycles.